The van der Waals surface area contributed by atoms with Gasteiger partial charge in [0.05, 0.1) is 23.8 Å². The lowest BCUT2D eigenvalue weighted by atomic mass is 10.0. The molecule has 1 aliphatic rings. The summed E-state index contributed by atoms with van der Waals surface area (Å²) in [5.74, 6) is -0.126. The standard InChI is InChI=1S/C19H25N3O2/c1-14-17(13-20-22(14)16-9-5-6-10-16)19(24)21-18(11-12-23)15-7-3-2-4-8-15/h2-4,7-8,13,16,18,23H,5-6,9-12H2,1H3,(H,21,24). The van der Waals surface area contributed by atoms with E-state index >= 15 is 0 Å². The van der Waals surface area contributed by atoms with Crippen LogP contribution in [0.5, 0.6) is 0 Å². The number of rotatable bonds is 6. The number of aliphatic hydroxyl groups excluding tert-OH is 1. The van der Waals surface area contributed by atoms with E-state index in [1.807, 2.05) is 41.9 Å². The van der Waals surface area contributed by atoms with Gasteiger partial charge in [-0.3, -0.25) is 9.48 Å². The number of aromatic nitrogens is 2. The molecule has 1 fully saturated rings. The highest BCUT2D eigenvalue weighted by Gasteiger charge is 2.23. The Morgan fingerprint density at radius 3 is 2.71 bits per heavy atom. The van der Waals surface area contributed by atoms with Crippen LogP contribution in [0.1, 0.15) is 65.8 Å². The van der Waals surface area contributed by atoms with Crippen LogP contribution in [0.2, 0.25) is 0 Å². The monoisotopic (exact) mass is 327 g/mol. The molecule has 0 saturated heterocycles. The van der Waals surface area contributed by atoms with Crippen LogP contribution in [0.4, 0.5) is 0 Å². The topological polar surface area (TPSA) is 67.2 Å². The van der Waals surface area contributed by atoms with Crippen LogP contribution in [0.25, 0.3) is 0 Å². The molecule has 0 aliphatic heterocycles. The second-order valence-electron chi connectivity index (χ2n) is 6.48. The normalized spacial score (nSPS) is 16.2. The Labute approximate surface area is 142 Å². The molecule has 5 heteroatoms. The van der Waals surface area contributed by atoms with Crippen molar-refractivity contribution in [3.8, 4) is 0 Å². The molecule has 1 heterocycles. The molecule has 1 aliphatic carbocycles. The molecule has 1 aromatic carbocycles. The van der Waals surface area contributed by atoms with Crippen LogP contribution in [-0.4, -0.2) is 27.4 Å². The van der Waals surface area contributed by atoms with Gasteiger partial charge in [-0.05, 0) is 31.7 Å². The third kappa shape index (κ3) is 3.51. The van der Waals surface area contributed by atoms with E-state index in [1.165, 1.54) is 12.8 Å². The zero-order chi connectivity index (χ0) is 16.9. The van der Waals surface area contributed by atoms with Crippen molar-refractivity contribution in [1.82, 2.24) is 15.1 Å². The summed E-state index contributed by atoms with van der Waals surface area (Å²) in [7, 11) is 0. The number of nitrogens with zero attached hydrogens (tertiary/aromatic N) is 2. The average Bonchev–Trinajstić information content (AvgIpc) is 3.24. The van der Waals surface area contributed by atoms with Gasteiger partial charge in [-0.2, -0.15) is 5.10 Å². The van der Waals surface area contributed by atoms with Crippen LogP contribution in [-0.2, 0) is 0 Å². The van der Waals surface area contributed by atoms with Crippen LogP contribution in [0.15, 0.2) is 36.5 Å². The molecule has 1 amide bonds. The molecule has 5 nitrogen and oxygen atoms in total. The van der Waals surface area contributed by atoms with E-state index in [-0.39, 0.29) is 18.6 Å². The first-order valence-electron chi connectivity index (χ1n) is 8.71. The Balaban J connectivity index is 1.76. The van der Waals surface area contributed by atoms with Gasteiger partial charge in [0.2, 0.25) is 0 Å². The van der Waals surface area contributed by atoms with Gasteiger partial charge in [-0.15, -0.1) is 0 Å². The van der Waals surface area contributed by atoms with Crippen LogP contribution in [0, 0.1) is 6.92 Å². The maximum Gasteiger partial charge on any atom is 0.255 e. The average molecular weight is 327 g/mol. The zero-order valence-electron chi connectivity index (χ0n) is 14.1. The Bertz CT molecular complexity index is 675. The first kappa shape index (κ1) is 16.7. The minimum Gasteiger partial charge on any atom is -0.396 e. The molecule has 2 aromatic rings. The van der Waals surface area contributed by atoms with Crippen molar-refractivity contribution >= 4 is 5.91 Å². The number of hydrogen-bond acceptors (Lipinski definition) is 3. The van der Waals surface area contributed by atoms with Crippen molar-refractivity contribution in [1.29, 1.82) is 0 Å². The molecular weight excluding hydrogens is 302 g/mol. The van der Waals surface area contributed by atoms with E-state index in [0.717, 1.165) is 24.1 Å². The molecule has 0 spiro atoms. The number of carbonyl (C=O) groups excluding carboxylic acids is 1. The maximum atomic E-state index is 12.7. The number of nitrogens with one attached hydrogen (secondary N) is 1. The summed E-state index contributed by atoms with van der Waals surface area (Å²) in [6.45, 7) is 1.99. The zero-order valence-corrected chi connectivity index (χ0v) is 14.1. The molecule has 0 radical (unpaired) electrons. The van der Waals surface area contributed by atoms with Gasteiger partial charge in [-0.1, -0.05) is 43.2 Å². The van der Waals surface area contributed by atoms with Crippen LogP contribution < -0.4 is 5.32 Å². The molecule has 1 saturated carbocycles. The van der Waals surface area contributed by atoms with Crippen molar-refractivity contribution in [2.24, 2.45) is 0 Å². The second kappa shape index (κ2) is 7.62. The summed E-state index contributed by atoms with van der Waals surface area (Å²) in [6, 6.07) is 9.98. The quantitative estimate of drug-likeness (QED) is 0.856. The largest absolute Gasteiger partial charge is 0.396 e. The third-order valence-corrected chi connectivity index (χ3v) is 4.88. The van der Waals surface area contributed by atoms with Gasteiger partial charge in [0, 0.05) is 12.3 Å². The fourth-order valence-corrected chi connectivity index (χ4v) is 3.54. The predicted octanol–water partition coefficient (Wildman–Crippen LogP) is 3.16. The predicted molar refractivity (Wildman–Crippen MR) is 92.8 cm³/mol. The lowest BCUT2D eigenvalue weighted by Crippen LogP contribution is -2.29. The van der Waals surface area contributed by atoms with Crippen LogP contribution in [0.3, 0.4) is 0 Å². The Kier molecular flexibility index (Phi) is 5.30. The molecule has 2 N–H and O–H groups in total. The summed E-state index contributed by atoms with van der Waals surface area (Å²) >= 11 is 0. The van der Waals surface area contributed by atoms with Gasteiger partial charge in [-0.25, -0.2) is 0 Å². The lowest BCUT2D eigenvalue weighted by molar-refractivity contribution is 0.0929. The van der Waals surface area contributed by atoms with Crippen molar-refractivity contribution in [3.05, 3.63) is 53.3 Å². The summed E-state index contributed by atoms with van der Waals surface area (Å²) in [6.07, 6.45) is 6.91. The molecular formula is C19H25N3O2. The first-order chi connectivity index (χ1) is 11.7. The molecule has 1 unspecified atom stereocenters. The van der Waals surface area contributed by atoms with Gasteiger partial charge in [0.1, 0.15) is 0 Å². The van der Waals surface area contributed by atoms with Gasteiger partial charge < -0.3 is 10.4 Å². The Morgan fingerprint density at radius 2 is 2.04 bits per heavy atom. The minimum absolute atomic E-state index is 0.0279. The first-order valence-corrected chi connectivity index (χ1v) is 8.71. The molecule has 3 rings (SSSR count). The van der Waals surface area contributed by atoms with Crippen molar-refractivity contribution in [2.75, 3.05) is 6.61 Å². The third-order valence-electron chi connectivity index (χ3n) is 4.88. The van der Waals surface area contributed by atoms with E-state index in [1.54, 1.807) is 6.20 Å². The lowest BCUT2D eigenvalue weighted by Gasteiger charge is -2.18. The Hall–Kier alpha value is -2.14. The molecule has 0 bridgehead atoms. The second-order valence-corrected chi connectivity index (χ2v) is 6.48. The summed E-state index contributed by atoms with van der Waals surface area (Å²) in [5.41, 5.74) is 2.55. The van der Waals surface area contributed by atoms with E-state index in [9.17, 15) is 9.90 Å². The van der Waals surface area contributed by atoms with E-state index in [2.05, 4.69) is 10.4 Å². The molecule has 1 atom stereocenters. The van der Waals surface area contributed by atoms with Gasteiger partial charge in [0.25, 0.3) is 5.91 Å². The molecule has 24 heavy (non-hydrogen) atoms. The SMILES string of the molecule is Cc1c(C(=O)NC(CCO)c2ccccc2)cnn1C1CCCC1. The van der Waals surface area contributed by atoms with Gasteiger partial charge >= 0.3 is 0 Å². The van der Waals surface area contributed by atoms with Gasteiger partial charge in [0.15, 0.2) is 0 Å². The Morgan fingerprint density at radius 1 is 1.33 bits per heavy atom. The molecule has 128 valence electrons. The van der Waals surface area contributed by atoms with E-state index < -0.39 is 0 Å². The van der Waals surface area contributed by atoms with Crippen molar-refractivity contribution in [2.45, 2.75) is 51.1 Å². The fraction of sp³-hybridized carbons (Fsp3) is 0.474. The highest BCUT2D eigenvalue weighted by molar-refractivity contribution is 5.95. The number of amides is 1. The van der Waals surface area contributed by atoms with Crippen molar-refractivity contribution in [3.63, 3.8) is 0 Å². The summed E-state index contributed by atoms with van der Waals surface area (Å²) in [4.78, 5) is 12.7. The highest BCUT2D eigenvalue weighted by Crippen LogP contribution is 2.30. The number of hydrogen-bond donors (Lipinski definition) is 2. The molecule has 1 aromatic heterocycles. The number of aliphatic hydroxyl groups is 1. The van der Waals surface area contributed by atoms with Crippen LogP contribution >= 0.6 is 0 Å². The minimum atomic E-state index is -0.196. The summed E-state index contributed by atoms with van der Waals surface area (Å²) in [5, 5.41) is 16.8. The summed E-state index contributed by atoms with van der Waals surface area (Å²) < 4.78 is 2.01. The van der Waals surface area contributed by atoms with Crippen molar-refractivity contribution < 1.29 is 9.90 Å². The van der Waals surface area contributed by atoms with E-state index in [0.29, 0.717) is 18.0 Å². The smallest absolute Gasteiger partial charge is 0.255 e. The number of carbonyl (C=O) groups is 1. The maximum absolute atomic E-state index is 12.7. The number of benzene rings is 1. The fourth-order valence-electron chi connectivity index (χ4n) is 3.54. The highest BCUT2D eigenvalue weighted by atomic mass is 16.3. The van der Waals surface area contributed by atoms with E-state index in [4.69, 9.17) is 0 Å².